The molecule has 1 aromatic rings. The number of aromatic nitrogens is 1. The third kappa shape index (κ3) is 3.39. The molecule has 7 heteroatoms. The number of oxazole rings is 1. The standard InChI is InChI=1S/C8H11N3O4/c1-4-3-15-8(10-4)11-7(14)5(9)2-6(12)13/h3,5H,2,9H2,1H3,(H,12,13)(H,10,11,14). The molecule has 0 aliphatic heterocycles. The van der Waals surface area contributed by atoms with Gasteiger partial charge in [0.1, 0.15) is 6.26 Å². The Bertz CT molecular complexity index is 374. The van der Waals surface area contributed by atoms with E-state index < -0.39 is 24.3 Å². The van der Waals surface area contributed by atoms with E-state index in [1.807, 2.05) is 0 Å². The van der Waals surface area contributed by atoms with Crippen LogP contribution in [-0.4, -0.2) is 28.0 Å². The number of hydrogen-bond donors (Lipinski definition) is 3. The molecular formula is C8H11N3O4. The SMILES string of the molecule is Cc1coc(NC(=O)C(N)CC(=O)O)n1. The number of carbonyl (C=O) groups excluding carboxylic acids is 1. The number of nitrogens with zero attached hydrogens (tertiary/aromatic N) is 1. The number of amides is 1. The van der Waals surface area contributed by atoms with Crippen molar-refractivity contribution in [3.8, 4) is 0 Å². The summed E-state index contributed by atoms with van der Waals surface area (Å²) in [6, 6.07) is -1.10. The monoisotopic (exact) mass is 213 g/mol. The van der Waals surface area contributed by atoms with Crippen LogP contribution in [0.5, 0.6) is 0 Å². The topological polar surface area (TPSA) is 118 Å². The molecule has 0 aliphatic carbocycles. The molecule has 7 nitrogen and oxygen atoms in total. The Labute approximate surface area is 85.3 Å². The average Bonchev–Trinajstić information content (AvgIpc) is 2.50. The number of carboxylic acid groups (broad SMARTS) is 1. The van der Waals surface area contributed by atoms with Crippen LogP contribution in [0.25, 0.3) is 0 Å². The first kappa shape index (κ1) is 11.2. The summed E-state index contributed by atoms with van der Waals surface area (Å²) >= 11 is 0. The van der Waals surface area contributed by atoms with Gasteiger partial charge in [-0.1, -0.05) is 0 Å². The largest absolute Gasteiger partial charge is 0.481 e. The Morgan fingerprint density at radius 1 is 1.73 bits per heavy atom. The Morgan fingerprint density at radius 2 is 2.40 bits per heavy atom. The summed E-state index contributed by atoms with van der Waals surface area (Å²) < 4.78 is 4.84. The molecule has 0 saturated heterocycles. The number of anilines is 1. The molecule has 1 atom stereocenters. The summed E-state index contributed by atoms with van der Waals surface area (Å²) in [6.45, 7) is 1.69. The van der Waals surface area contributed by atoms with Gasteiger partial charge in [0.05, 0.1) is 18.2 Å². The summed E-state index contributed by atoms with van der Waals surface area (Å²) in [7, 11) is 0. The van der Waals surface area contributed by atoms with E-state index in [4.69, 9.17) is 15.3 Å². The second kappa shape index (κ2) is 4.56. The van der Waals surface area contributed by atoms with Crippen molar-refractivity contribution >= 4 is 17.9 Å². The van der Waals surface area contributed by atoms with Crippen molar-refractivity contribution in [2.24, 2.45) is 5.73 Å². The third-order valence-corrected chi connectivity index (χ3v) is 1.58. The number of carbonyl (C=O) groups is 2. The Morgan fingerprint density at radius 3 is 2.87 bits per heavy atom. The molecule has 0 bridgehead atoms. The fraction of sp³-hybridized carbons (Fsp3) is 0.375. The minimum atomic E-state index is -1.14. The number of nitrogens with one attached hydrogen (secondary N) is 1. The van der Waals surface area contributed by atoms with Crippen LogP contribution < -0.4 is 11.1 Å². The molecule has 1 unspecified atom stereocenters. The van der Waals surface area contributed by atoms with Gasteiger partial charge >= 0.3 is 12.0 Å². The Hall–Kier alpha value is -1.89. The predicted molar refractivity (Wildman–Crippen MR) is 50.1 cm³/mol. The molecule has 0 saturated carbocycles. The van der Waals surface area contributed by atoms with E-state index in [0.29, 0.717) is 5.69 Å². The van der Waals surface area contributed by atoms with Crippen LogP contribution in [0.4, 0.5) is 6.01 Å². The molecule has 4 N–H and O–H groups in total. The van der Waals surface area contributed by atoms with E-state index in [1.54, 1.807) is 6.92 Å². The second-order valence-electron chi connectivity index (χ2n) is 2.99. The third-order valence-electron chi connectivity index (χ3n) is 1.58. The van der Waals surface area contributed by atoms with Gasteiger partial charge in [-0.15, -0.1) is 0 Å². The van der Waals surface area contributed by atoms with Crippen molar-refractivity contribution < 1.29 is 19.1 Å². The van der Waals surface area contributed by atoms with Crippen LogP contribution in [-0.2, 0) is 9.59 Å². The van der Waals surface area contributed by atoms with Crippen molar-refractivity contribution in [2.75, 3.05) is 5.32 Å². The van der Waals surface area contributed by atoms with E-state index >= 15 is 0 Å². The van der Waals surface area contributed by atoms with Crippen molar-refractivity contribution in [1.29, 1.82) is 0 Å². The van der Waals surface area contributed by atoms with Gasteiger partial charge in [-0.3, -0.25) is 14.9 Å². The first-order valence-corrected chi connectivity index (χ1v) is 4.19. The zero-order chi connectivity index (χ0) is 11.4. The molecule has 0 radical (unpaired) electrons. The quantitative estimate of drug-likeness (QED) is 0.633. The van der Waals surface area contributed by atoms with Gasteiger partial charge in [-0.25, -0.2) is 0 Å². The predicted octanol–water partition coefficient (Wildman–Crippen LogP) is -0.276. The second-order valence-corrected chi connectivity index (χ2v) is 2.99. The highest BCUT2D eigenvalue weighted by Gasteiger charge is 2.18. The maximum atomic E-state index is 11.3. The van der Waals surface area contributed by atoms with E-state index in [-0.39, 0.29) is 6.01 Å². The molecule has 82 valence electrons. The lowest BCUT2D eigenvalue weighted by atomic mass is 10.2. The van der Waals surface area contributed by atoms with Gasteiger partial charge < -0.3 is 15.3 Å². The normalized spacial score (nSPS) is 12.1. The summed E-state index contributed by atoms with van der Waals surface area (Å²) in [5.41, 5.74) is 5.92. The summed E-state index contributed by atoms with van der Waals surface area (Å²) in [4.78, 5) is 25.3. The highest BCUT2D eigenvalue weighted by Crippen LogP contribution is 2.06. The molecule has 1 rings (SSSR count). The van der Waals surface area contributed by atoms with Crippen LogP contribution >= 0.6 is 0 Å². The van der Waals surface area contributed by atoms with Crippen molar-refractivity contribution in [2.45, 2.75) is 19.4 Å². The van der Waals surface area contributed by atoms with Gasteiger partial charge in [0.25, 0.3) is 0 Å². The molecule has 1 aromatic heterocycles. The maximum Gasteiger partial charge on any atom is 0.305 e. The minimum Gasteiger partial charge on any atom is -0.481 e. The maximum absolute atomic E-state index is 11.3. The Balaban J connectivity index is 2.52. The van der Waals surface area contributed by atoms with Gasteiger partial charge in [0.2, 0.25) is 5.91 Å². The van der Waals surface area contributed by atoms with E-state index in [1.165, 1.54) is 6.26 Å². The molecule has 0 aliphatic rings. The molecule has 15 heavy (non-hydrogen) atoms. The first-order valence-electron chi connectivity index (χ1n) is 4.19. The lowest BCUT2D eigenvalue weighted by molar-refractivity contribution is -0.138. The van der Waals surface area contributed by atoms with E-state index in [0.717, 1.165) is 0 Å². The van der Waals surface area contributed by atoms with Crippen LogP contribution in [0.15, 0.2) is 10.7 Å². The zero-order valence-electron chi connectivity index (χ0n) is 8.06. The smallest absolute Gasteiger partial charge is 0.305 e. The number of carboxylic acids is 1. The minimum absolute atomic E-state index is 0.0124. The summed E-state index contributed by atoms with van der Waals surface area (Å²) in [5, 5.41) is 10.7. The van der Waals surface area contributed by atoms with Crippen LogP contribution in [0, 0.1) is 6.92 Å². The molecule has 0 spiro atoms. The first-order chi connectivity index (χ1) is 6.99. The van der Waals surface area contributed by atoms with Crippen molar-refractivity contribution in [3.63, 3.8) is 0 Å². The average molecular weight is 213 g/mol. The zero-order valence-corrected chi connectivity index (χ0v) is 8.06. The van der Waals surface area contributed by atoms with Gasteiger partial charge in [0, 0.05) is 0 Å². The number of nitrogens with two attached hydrogens (primary N) is 1. The lowest BCUT2D eigenvalue weighted by Gasteiger charge is -2.06. The van der Waals surface area contributed by atoms with Gasteiger partial charge in [0.15, 0.2) is 0 Å². The van der Waals surface area contributed by atoms with Crippen LogP contribution in [0.3, 0.4) is 0 Å². The van der Waals surface area contributed by atoms with Gasteiger partial charge in [-0.05, 0) is 6.92 Å². The molecule has 1 heterocycles. The summed E-state index contributed by atoms with van der Waals surface area (Å²) in [6.07, 6.45) is 0.920. The summed E-state index contributed by atoms with van der Waals surface area (Å²) in [5.74, 6) is -1.78. The molecule has 0 aromatic carbocycles. The van der Waals surface area contributed by atoms with Crippen molar-refractivity contribution in [1.82, 2.24) is 4.98 Å². The number of aliphatic carboxylic acids is 1. The fourth-order valence-corrected chi connectivity index (χ4v) is 0.890. The fourth-order valence-electron chi connectivity index (χ4n) is 0.890. The molecular weight excluding hydrogens is 202 g/mol. The lowest BCUT2D eigenvalue weighted by Crippen LogP contribution is -2.37. The molecule has 1 amide bonds. The van der Waals surface area contributed by atoms with Crippen LogP contribution in [0.1, 0.15) is 12.1 Å². The van der Waals surface area contributed by atoms with E-state index in [2.05, 4.69) is 10.3 Å². The molecule has 0 fully saturated rings. The highest BCUT2D eigenvalue weighted by atomic mass is 16.4. The number of aryl methyl sites for hydroxylation is 1. The number of rotatable bonds is 4. The number of hydrogen-bond acceptors (Lipinski definition) is 5. The van der Waals surface area contributed by atoms with Gasteiger partial charge in [-0.2, -0.15) is 4.98 Å². The van der Waals surface area contributed by atoms with Crippen molar-refractivity contribution in [3.05, 3.63) is 12.0 Å². The van der Waals surface area contributed by atoms with E-state index in [9.17, 15) is 9.59 Å². The highest BCUT2D eigenvalue weighted by molar-refractivity contribution is 5.95. The van der Waals surface area contributed by atoms with Crippen LogP contribution in [0.2, 0.25) is 0 Å². The Kier molecular flexibility index (Phi) is 3.40.